The van der Waals surface area contributed by atoms with Crippen LogP contribution in [0.25, 0.3) is 0 Å². The van der Waals surface area contributed by atoms with Crippen LogP contribution in [-0.4, -0.2) is 99.8 Å². The molecule has 0 spiro atoms. The number of alkyl halides is 3. The van der Waals surface area contributed by atoms with Gasteiger partial charge in [-0.2, -0.15) is 18.4 Å². The van der Waals surface area contributed by atoms with Crippen LogP contribution in [0.4, 0.5) is 24.8 Å². The number of hydrogen-bond acceptors (Lipinski definition) is 11. The van der Waals surface area contributed by atoms with Crippen LogP contribution in [0, 0.1) is 17.2 Å². The van der Waals surface area contributed by atoms with Gasteiger partial charge in [-0.05, 0) is 86.4 Å². The summed E-state index contributed by atoms with van der Waals surface area (Å²) in [5.74, 6) is -2.37. The van der Waals surface area contributed by atoms with Crippen molar-refractivity contribution in [2.24, 2.45) is 5.92 Å². The molecule has 0 saturated carbocycles. The van der Waals surface area contributed by atoms with Gasteiger partial charge < -0.3 is 30.3 Å². The molecule has 19 heteroatoms. The lowest BCUT2D eigenvalue weighted by Gasteiger charge is -2.41. The quantitative estimate of drug-likeness (QED) is 0.128. The van der Waals surface area contributed by atoms with Crippen LogP contribution in [0.3, 0.4) is 0 Å². The van der Waals surface area contributed by atoms with Gasteiger partial charge in [-0.1, -0.05) is 12.1 Å². The van der Waals surface area contributed by atoms with Crippen molar-refractivity contribution in [3.63, 3.8) is 0 Å². The van der Waals surface area contributed by atoms with E-state index >= 15 is 0 Å². The number of nitriles is 1. The Bertz CT molecular complexity index is 2000. The fourth-order valence-electron chi connectivity index (χ4n) is 6.55. The SMILES string of the molecule is N#Cc1ccc(CCNC(=O)C2CCN2c2cc(N3CCC(CCCC(=O)NCCOCCNS(=O)(=O)c4ccc(C(=O)O)cc4)CC3)nc(C(F)(F)F)n2)cc1. The zero-order valence-electron chi connectivity index (χ0n) is 31.1. The molecule has 1 atom stereocenters. The molecule has 5 rings (SSSR count). The lowest BCUT2D eigenvalue weighted by atomic mass is 9.91. The Hall–Kier alpha value is -5.32. The average Bonchev–Trinajstić information content (AvgIpc) is 3.17. The first-order chi connectivity index (χ1) is 27.2. The molecule has 0 aliphatic carbocycles. The van der Waals surface area contributed by atoms with Crippen molar-refractivity contribution in [2.45, 2.75) is 62.1 Å². The van der Waals surface area contributed by atoms with E-state index in [9.17, 15) is 36.0 Å². The number of carboxylic acids is 1. The molecule has 15 nitrogen and oxygen atoms in total. The average molecular weight is 815 g/mol. The minimum absolute atomic E-state index is 0.0149. The van der Waals surface area contributed by atoms with Gasteiger partial charge in [-0.15, -0.1) is 0 Å². The van der Waals surface area contributed by atoms with Crippen molar-refractivity contribution in [1.82, 2.24) is 25.3 Å². The maximum Gasteiger partial charge on any atom is 0.451 e. The second-order valence-electron chi connectivity index (χ2n) is 13.8. The van der Waals surface area contributed by atoms with Crippen LogP contribution in [0.1, 0.15) is 65.8 Å². The Morgan fingerprint density at radius 3 is 2.23 bits per heavy atom. The van der Waals surface area contributed by atoms with E-state index in [-0.39, 0.29) is 66.1 Å². The van der Waals surface area contributed by atoms with Crippen LogP contribution in [0.2, 0.25) is 0 Å². The van der Waals surface area contributed by atoms with E-state index in [0.717, 1.165) is 12.0 Å². The normalized spacial score (nSPS) is 16.1. The van der Waals surface area contributed by atoms with Gasteiger partial charge in [-0.25, -0.2) is 27.9 Å². The number of amides is 2. The molecule has 1 aromatic heterocycles. The van der Waals surface area contributed by atoms with Gasteiger partial charge in [0.15, 0.2) is 0 Å². The Labute approximate surface area is 328 Å². The third-order valence-corrected chi connectivity index (χ3v) is 11.3. The van der Waals surface area contributed by atoms with Crippen LogP contribution in [-0.2, 0) is 36.9 Å². The number of carboxylic acid groups (broad SMARTS) is 1. The van der Waals surface area contributed by atoms with Gasteiger partial charge in [0.25, 0.3) is 0 Å². The van der Waals surface area contributed by atoms with Crippen molar-refractivity contribution in [2.75, 3.05) is 62.3 Å². The molecule has 2 aliphatic heterocycles. The van der Waals surface area contributed by atoms with Gasteiger partial charge in [-0.3, -0.25) is 9.59 Å². The Morgan fingerprint density at radius 2 is 1.60 bits per heavy atom. The number of piperidine rings is 1. The summed E-state index contributed by atoms with van der Waals surface area (Å²) < 4.78 is 74.2. The molecule has 57 heavy (non-hydrogen) atoms. The van der Waals surface area contributed by atoms with Crippen LogP contribution >= 0.6 is 0 Å². The predicted molar refractivity (Wildman–Crippen MR) is 202 cm³/mol. The summed E-state index contributed by atoms with van der Waals surface area (Å²) in [5, 5.41) is 23.5. The maximum absolute atomic E-state index is 13.9. The van der Waals surface area contributed by atoms with E-state index in [4.69, 9.17) is 15.1 Å². The van der Waals surface area contributed by atoms with Gasteiger partial charge in [0.1, 0.15) is 17.7 Å². The number of rotatable bonds is 19. The van der Waals surface area contributed by atoms with E-state index in [2.05, 4.69) is 31.4 Å². The highest BCUT2D eigenvalue weighted by Crippen LogP contribution is 2.34. The van der Waals surface area contributed by atoms with Crippen molar-refractivity contribution in [3.05, 3.63) is 77.1 Å². The van der Waals surface area contributed by atoms with Gasteiger partial charge in [0, 0.05) is 51.8 Å². The first-order valence-electron chi connectivity index (χ1n) is 18.7. The number of benzene rings is 2. The molecule has 2 fully saturated rings. The first-order valence-corrected chi connectivity index (χ1v) is 20.1. The predicted octanol–water partition coefficient (Wildman–Crippen LogP) is 3.50. The van der Waals surface area contributed by atoms with Crippen molar-refractivity contribution >= 4 is 39.4 Å². The van der Waals surface area contributed by atoms with Crippen LogP contribution in [0.15, 0.2) is 59.5 Å². The summed E-state index contributed by atoms with van der Waals surface area (Å²) in [5.41, 5.74) is 1.45. The second kappa shape index (κ2) is 19.7. The van der Waals surface area contributed by atoms with Crippen molar-refractivity contribution < 1.29 is 45.8 Å². The van der Waals surface area contributed by atoms with Gasteiger partial charge in [0.2, 0.25) is 27.7 Å². The molecular formula is C38H45F3N8O7S. The standard InChI is InChI=1S/C38H45F3N8O7S/c39-38(40,41)37-46-32(24-33(47-37)49-21-15-31(49)35(51)44-16-12-27-4-6-28(25-42)7-5-27)48-19-13-26(14-20-48)2-1-3-34(50)43-17-22-56-23-18-45-57(54,55)30-10-8-29(9-11-30)36(52)53/h4-11,24,26,31,45H,1-3,12-23H2,(H,43,50)(H,44,51)(H,52,53). The van der Waals surface area contributed by atoms with E-state index in [1.807, 2.05) is 12.1 Å². The Balaban J connectivity index is 0.991. The first kappa shape index (κ1) is 42.8. The Morgan fingerprint density at radius 1 is 0.912 bits per heavy atom. The summed E-state index contributed by atoms with van der Waals surface area (Å²) in [6.07, 6.45) is -0.641. The molecule has 0 bridgehead atoms. The van der Waals surface area contributed by atoms with Crippen molar-refractivity contribution in [1.29, 1.82) is 5.26 Å². The number of halogens is 3. The summed E-state index contributed by atoms with van der Waals surface area (Å²) in [4.78, 5) is 47.2. The molecule has 2 amide bonds. The molecule has 0 radical (unpaired) electrons. The summed E-state index contributed by atoms with van der Waals surface area (Å²) in [7, 11) is -3.83. The summed E-state index contributed by atoms with van der Waals surface area (Å²) in [6.45, 7) is 2.14. The molecule has 4 N–H and O–H groups in total. The molecule has 306 valence electrons. The van der Waals surface area contributed by atoms with E-state index < -0.39 is 34.0 Å². The third kappa shape index (κ3) is 12.3. The fourth-order valence-corrected chi connectivity index (χ4v) is 7.56. The second-order valence-corrected chi connectivity index (χ2v) is 15.5. The number of carbonyl (C=O) groups is 3. The van der Waals surface area contributed by atoms with Crippen molar-refractivity contribution in [3.8, 4) is 6.07 Å². The smallest absolute Gasteiger partial charge is 0.451 e. The molecule has 3 heterocycles. The highest BCUT2D eigenvalue weighted by molar-refractivity contribution is 7.89. The van der Waals surface area contributed by atoms with Gasteiger partial charge >= 0.3 is 12.1 Å². The number of sulfonamides is 1. The minimum atomic E-state index is -4.78. The number of hydrogen-bond donors (Lipinski definition) is 4. The van der Waals surface area contributed by atoms with E-state index in [1.165, 1.54) is 30.3 Å². The molecule has 2 aromatic carbocycles. The molecule has 1 unspecified atom stereocenters. The lowest BCUT2D eigenvalue weighted by molar-refractivity contribution is -0.144. The minimum Gasteiger partial charge on any atom is -0.478 e. The van der Waals surface area contributed by atoms with Crippen LogP contribution in [0.5, 0.6) is 0 Å². The third-order valence-electron chi connectivity index (χ3n) is 9.84. The van der Waals surface area contributed by atoms with E-state index in [1.54, 1.807) is 21.9 Å². The number of nitrogens with one attached hydrogen (secondary N) is 3. The monoisotopic (exact) mass is 814 g/mol. The largest absolute Gasteiger partial charge is 0.478 e. The fraction of sp³-hybridized carbons (Fsp3) is 0.474. The number of ether oxygens (including phenoxy) is 1. The van der Waals surface area contributed by atoms with Gasteiger partial charge in [0.05, 0.1) is 35.3 Å². The highest BCUT2D eigenvalue weighted by atomic mass is 32.2. The Kier molecular flexibility index (Phi) is 14.8. The lowest BCUT2D eigenvalue weighted by Crippen LogP contribution is -2.57. The molecule has 2 aliphatic rings. The number of carbonyl (C=O) groups excluding carboxylic acids is 2. The molecular weight excluding hydrogens is 770 g/mol. The number of aromatic nitrogens is 2. The topological polar surface area (TPSA) is 207 Å². The number of anilines is 2. The summed E-state index contributed by atoms with van der Waals surface area (Å²) >= 11 is 0. The zero-order valence-corrected chi connectivity index (χ0v) is 31.9. The number of nitrogens with zero attached hydrogens (tertiary/aromatic N) is 5. The molecule has 2 saturated heterocycles. The maximum atomic E-state index is 13.9. The summed E-state index contributed by atoms with van der Waals surface area (Å²) in [6, 6.07) is 14.7. The highest BCUT2D eigenvalue weighted by Gasteiger charge is 2.40. The van der Waals surface area contributed by atoms with E-state index in [0.29, 0.717) is 70.3 Å². The zero-order chi connectivity index (χ0) is 41.0. The number of aromatic carboxylic acids is 1. The molecule has 3 aromatic rings. The van der Waals surface area contributed by atoms with Crippen LogP contribution < -0.4 is 25.2 Å².